The van der Waals surface area contributed by atoms with Crippen LogP contribution in [0.25, 0.3) is 0 Å². The van der Waals surface area contributed by atoms with Gasteiger partial charge in [-0.1, -0.05) is 13.8 Å². The lowest BCUT2D eigenvalue weighted by atomic mass is 9.97. The molecule has 20 heavy (non-hydrogen) atoms. The van der Waals surface area contributed by atoms with Crippen molar-refractivity contribution in [3.8, 4) is 0 Å². The molecule has 2 heterocycles. The van der Waals surface area contributed by atoms with Gasteiger partial charge in [0.05, 0.1) is 24.6 Å². The Hall–Kier alpha value is -1.13. The lowest BCUT2D eigenvalue weighted by Gasteiger charge is -2.40. The highest BCUT2D eigenvalue weighted by molar-refractivity contribution is 5.45. The molecule has 1 aliphatic rings. The van der Waals surface area contributed by atoms with Crippen molar-refractivity contribution in [1.29, 1.82) is 0 Å². The van der Waals surface area contributed by atoms with E-state index in [4.69, 9.17) is 10.5 Å². The molecule has 0 radical (unpaired) electrons. The summed E-state index contributed by atoms with van der Waals surface area (Å²) in [5.41, 5.74) is 8.18. The van der Waals surface area contributed by atoms with Crippen molar-refractivity contribution in [2.45, 2.75) is 51.7 Å². The van der Waals surface area contributed by atoms with Crippen molar-refractivity contribution in [3.05, 3.63) is 24.0 Å². The van der Waals surface area contributed by atoms with E-state index in [1.54, 1.807) is 0 Å². The van der Waals surface area contributed by atoms with Gasteiger partial charge < -0.3 is 15.4 Å². The molecular weight excluding hydrogens is 250 g/mol. The summed E-state index contributed by atoms with van der Waals surface area (Å²) in [6.45, 7) is 10.9. The van der Waals surface area contributed by atoms with E-state index < -0.39 is 0 Å². The lowest BCUT2D eigenvalue weighted by molar-refractivity contribution is -0.000229. The van der Waals surface area contributed by atoms with Crippen LogP contribution in [0.1, 0.15) is 45.7 Å². The Bertz CT molecular complexity index is 424. The van der Waals surface area contributed by atoms with Gasteiger partial charge in [-0.15, -0.1) is 0 Å². The van der Waals surface area contributed by atoms with Crippen LogP contribution in [-0.2, 0) is 4.74 Å². The number of rotatable bonds is 4. The topological polar surface area (TPSA) is 51.4 Å². The van der Waals surface area contributed by atoms with E-state index in [2.05, 4.69) is 35.9 Å². The van der Waals surface area contributed by atoms with E-state index in [0.29, 0.717) is 5.92 Å². The Morgan fingerprint density at radius 1 is 1.50 bits per heavy atom. The summed E-state index contributed by atoms with van der Waals surface area (Å²) in [5, 5.41) is 0. The fourth-order valence-corrected chi connectivity index (χ4v) is 2.42. The molecule has 0 amide bonds. The van der Waals surface area contributed by atoms with Gasteiger partial charge in [0.2, 0.25) is 0 Å². The summed E-state index contributed by atoms with van der Waals surface area (Å²) in [4.78, 5) is 6.91. The summed E-state index contributed by atoms with van der Waals surface area (Å²) in [6.07, 6.45) is 3.16. The number of anilines is 1. The zero-order valence-electron chi connectivity index (χ0n) is 13.1. The Labute approximate surface area is 122 Å². The summed E-state index contributed by atoms with van der Waals surface area (Å²) in [7, 11) is 0. The predicted octanol–water partition coefficient (Wildman–Crippen LogP) is 2.54. The minimum absolute atomic E-state index is 0.0606. The molecule has 0 aliphatic carbocycles. The largest absolute Gasteiger partial charge is 0.373 e. The molecule has 1 aliphatic heterocycles. The number of hydrogen-bond donors (Lipinski definition) is 1. The normalized spacial score (nSPS) is 21.9. The van der Waals surface area contributed by atoms with E-state index in [0.717, 1.165) is 31.8 Å². The molecule has 4 nitrogen and oxygen atoms in total. The summed E-state index contributed by atoms with van der Waals surface area (Å²) < 4.78 is 5.79. The summed E-state index contributed by atoms with van der Waals surface area (Å²) in [5.74, 6) is 0.518. The molecule has 2 N–H and O–H groups in total. The van der Waals surface area contributed by atoms with Crippen LogP contribution >= 0.6 is 0 Å². The molecule has 1 aromatic heterocycles. The van der Waals surface area contributed by atoms with Gasteiger partial charge in [-0.25, -0.2) is 0 Å². The monoisotopic (exact) mass is 277 g/mol. The highest BCUT2D eigenvalue weighted by atomic mass is 16.5. The highest BCUT2D eigenvalue weighted by Gasteiger charge is 2.31. The SMILES string of the molecule is CCC(C)c1ccc(N2CCOC(C(C)(C)N)C2)cn1. The summed E-state index contributed by atoms with van der Waals surface area (Å²) >= 11 is 0. The second kappa shape index (κ2) is 6.10. The summed E-state index contributed by atoms with van der Waals surface area (Å²) in [6, 6.07) is 4.31. The van der Waals surface area contributed by atoms with Gasteiger partial charge in [0.1, 0.15) is 0 Å². The van der Waals surface area contributed by atoms with Gasteiger partial charge >= 0.3 is 0 Å². The molecule has 1 saturated heterocycles. The quantitative estimate of drug-likeness (QED) is 0.919. The van der Waals surface area contributed by atoms with Crippen LogP contribution in [0.15, 0.2) is 18.3 Å². The smallest absolute Gasteiger partial charge is 0.0924 e. The zero-order chi connectivity index (χ0) is 14.8. The third-order valence-electron chi connectivity index (χ3n) is 4.15. The van der Waals surface area contributed by atoms with Crippen LogP contribution in [0.4, 0.5) is 5.69 Å². The first-order chi connectivity index (χ1) is 9.41. The average molecular weight is 277 g/mol. The van der Waals surface area contributed by atoms with E-state index in [9.17, 15) is 0 Å². The second-order valence-corrected chi connectivity index (χ2v) is 6.38. The third-order valence-corrected chi connectivity index (χ3v) is 4.15. The van der Waals surface area contributed by atoms with Gasteiger partial charge in [0.15, 0.2) is 0 Å². The molecule has 2 unspecified atom stereocenters. The van der Waals surface area contributed by atoms with E-state index >= 15 is 0 Å². The Balaban J connectivity index is 2.07. The van der Waals surface area contributed by atoms with Crippen LogP contribution in [0.2, 0.25) is 0 Å². The molecule has 0 bridgehead atoms. The van der Waals surface area contributed by atoms with Crippen molar-refractivity contribution >= 4 is 5.69 Å². The van der Waals surface area contributed by atoms with Gasteiger partial charge in [-0.2, -0.15) is 0 Å². The number of nitrogens with two attached hydrogens (primary N) is 1. The number of nitrogens with zero attached hydrogens (tertiary/aromatic N) is 2. The van der Waals surface area contributed by atoms with Gasteiger partial charge in [-0.3, -0.25) is 4.98 Å². The van der Waals surface area contributed by atoms with Crippen molar-refractivity contribution in [3.63, 3.8) is 0 Å². The number of aromatic nitrogens is 1. The molecular formula is C16H27N3O. The number of morpholine rings is 1. The van der Waals surface area contributed by atoms with Crippen molar-refractivity contribution < 1.29 is 4.74 Å². The number of hydrogen-bond acceptors (Lipinski definition) is 4. The van der Waals surface area contributed by atoms with Crippen molar-refractivity contribution in [2.24, 2.45) is 5.73 Å². The molecule has 0 saturated carbocycles. The van der Waals surface area contributed by atoms with E-state index in [1.807, 2.05) is 20.0 Å². The molecule has 1 fully saturated rings. The fourth-order valence-electron chi connectivity index (χ4n) is 2.42. The van der Waals surface area contributed by atoms with E-state index in [1.165, 1.54) is 5.69 Å². The standard InChI is InChI=1S/C16H27N3O/c1-5-12(2)14-7-6-13(10-18-14)19-8-9-20-15(11-19)16(3,4)17/h6-7,10,12,15H,5,8-9,11,17H2,1-4H3. The first-order valence-electron chi connectivity index (χ1n) is 7.53. The first kappa shape index (κ1) is 15.3. The van der Waals surface area contributed by atoms with Crippen molar-refractivity contribution in [1.82, 2.24) is 4.98 Å². The van der Waals surface area contributed by atoms with Crippen LogP contribution in [0.5, 0.6) is 0 Å². The lowest BCUT2D eigenvalue weighted by Crippen LogP contribution is -2.56. The van der Waals surface area contributed by atoms with Crippen molar-refractivity contribution in [2.75, 3.05) is 24.6 Å². The van der Waals surface area contributed by atoms with Gasteiger partial charge in [0, 0.05) is 24.3 Å². The number of pyridine rings is 1. The maximum absolute atomic E-state index is 6.17. The average Bonchev–Trinajstić information content (AvgIpc) is 2.46. The Kier molecular flexibility index (Phi) is 4.66. The van der Waals surface area contributed by atoms with E-state index in [-0.39, 0.29) is 11.6 Å². The minimum Gasteiger partial charge on any atom is -0.373 e. The maximum Gasteiger partial charge on any atom is 0.0924 e. The molecule has 2 rings (SSSR count). The number of ether oxygens (including phenoxy) is 1. The third kappa shape index (κ3) is 3.49. The molecule has 2 atom stereocenters. The highest BCUT2D eigenvalue weighted by Crippen LogP contribution is 2.23. The van der Waals surface area contributed by atoms with Crippen LogP contribution < -0.4 is 10.6 Å². The van der Waals surface area contributed by atoms with Gasteiger partial charge in [0.25, 0.3) is 0 Å². The molecule has 112 valence electrons. The molecule has 0 spiro atoms. The molecule has 1 aromatic rings. The zero-order valence-corrected chi connectivity index (χ0v) is 13.1. The Morgan fingerprint density at radius 3 is 2.80 bits per heavy atom. The molecule has 4 heteroatoms. The first-order valence-corrected chi connectivity index (χ1v) is 7.53. The Morgan fingerprint density at radius 2 is 2.25 bits per heavy atom. The maximum atomic E-state index is 6.17. The minimum atomic E-state index is -0.317. The van der Waals surface area contributed by atoms with Crippen LogP contribution in [-0.4, -0.2) is 36.3 Å². The van der Waals surface area contributed by atoms with Crippen LogP contribution in [0, 0.1) is 0 Å². The van der Waals surface area contributed by atoms with Crippen LogP contribution in [0.3, 0.4) is 0 Å². The van der Waals surface area contributed by atoms with Gasteiger partial charge in [-0.05, 0) is 38.3 Å². The fraction of sp³-hybridized carbons (Fsp3) is 0.688. The molecule has 0 aromatic carbocycles. The second-order valence-electron chi connectivity index (χ2n) is 6.38. The predicted molar refractivity (Wildman–Crippen MR) is 83.2 cm³/mol.